The van der Waals surface area contributed by atoms with Gasteiger partial charge in [0, 0.05) is 13.1 Å². The van der Waals surface area contributed by atoms with Gasteiger partial charge in [0.1, 0.15) is 6.54 Å². The lowest BCUT2D eigenvalue weighted by molar-refractivity contribution is -0.137. The zero-order valence-electron chi connectivity index (χ0n) is 11.8. The molecule has 0 aromatic heterocycles. The summed E-state index contributed by atoms with van der Waals surface area (Å²) in [4.78, 5) is 24.3. The lowest BCUT2D eigenvalue weighted by Crippen LogP contribution is -2.46. The normalized spacial score (nSPS) is 20.2. The van der Waals surface area contributed by atoms with Crippen LogP contribution in [0.15, 0.2) is 0 Å². The average Bonchev–Trinajstić information content (AvgIpc) is 3.13. The molecule has 2 N–H and O–H groups in total. The lowest BCUT2D eigenvalue weighted by Gasteiger charge is -2.24. The van der Waals surface area contributed by atoms with E-state index in [0.717, 1.165) is 5.92 Å². The number of aliphatic carboxylic acids is 1. The Hall–Kier alpha value is -1.26. The Morgan fingerprint density at radius 2 is 2.00 bits per heavy atom. The molecule has 5 heteroatoms. The number of carbonyl (C=O) groups excluding carboxylic acids is 1. The Morgan fingerprint density at radius 1 is 1.37 bits per heavy atom. The van der Waals surface area contributed by atoms with E-state index in [9.17, 15) is 9.59 Å². The van der Waals surface area contributed by atoms with Gasteiger partial charge in [-0.1, -0.05) is 13.8 Å². The summed E-state index contributed by atoms with van der Waals surface area (Å²) in [5.74, 6) is 0.105. The third-order valence-corrected chi connectivity index (χ3v) is 4.13. The molecule has 19 heavy (non-hydrogen) atoms. The quantitative estimate of drug-likeness (QED) is 0.741. The van der Waals surface area contributed by atoms with Gasteiger partial charge >= 0.3 is 12.0 Å². The van der Waals surface area contributed by atoms with Gasteiger partial charge in [0.05, 0.1) is 0 Å². The molecule has 0 bridgehead atoms. The molecule has 0 aromatic carbocycles. The second-order valence-electron chi connectivity index (χ2n) is 6.46. The number of hydrogen-bond acceptors (Lipinski definition) is 2. The van der Waals surface area contributed by atoms with Crippen LogP contribution in [-0.2, 0) is 4.79 Å². The Morgan fingerprint density at radius 3 is 2.42 bits per heavy atom. The van der Waals surface area contributed by atoms with Crippen molar-refractivity contribution in [2.75, 3.05) is 19.6 Å². The maximum Gasteiger partial charge on any atom is 0.323 e. The number of rotatable bonds is 7. The van der Waals surface area contributed by atoms with E-state index >= 15 is 0 Å². The molecule has 0 aromatic rings. The Labute approximate surface area is 114 Å². The molecule has 2 amide bonds. The molecule has 108 valence electrons. The molecule has 0 atom stereocenters. The van der Waals surface area contributed by atoms with Crippen molar-refractivity contribution in [3.63, 3.8) is 0 Å². The van der Waals surface area contributed by atoms with E-state index in [1.807, 2.05) is 13.8 Å². The van der Waals surface area contributed by atoms with Crippen LogP contribution < -0.4 is 5.32 Å². The summed E-state index contributed by atoms with van der Waals surface area (Å²) in [6.45, 7) is 4.93. The van der Waals surface area contributed by atoms with E-state index in [1.54, 1.807) is 0 Å². The first-order valence-corrected chi connectivity index (χ1v) is 7.17. The third kappa shape index (κ3) is 3.85. The second kappa shape index (κ2) is 5.39. The molecule has 2 fully saturated rings. The van der Waals surface area contributed by atoms with E-state index in [0.29, 0.717) is 18.5 Å². The number of carboxylic acids is 1. The standard InChI is InChI=1S/C14H24N2O3/c1-10(2)7-16(8-12(17)18)13(19)15-9-14(5-6-14)11-3-4-11/h10-11H,3-9H2,1-2H3,(H,15,19)(H,17,18). The number of hydrogen-bond donors (Lipinski definition) is 2. The van der Waals surface area contributed by atoms with Gasteiger partial charge in [0.15, 0.2) is 0 Å². The fourth-order valence-electron chi connectivity index (χ4n) is 2.77. The van der Waals surface area contributed by atoms with Gasteiger partial charge < -0.3 is 15.3 Å². The largest absolute Gasteiger partial charge is 0.480 e. The van der Waals surface area contributed by atoms with Gasteiger partial charge in [0.2, 0.25) is 0 Å². The van der Waals surface area contributed by atoms with Gasteiger partial charge in [-0.05, 0) is 42.9 Å². The van der Waals surface area contributed by atoms with E-state index < -0.39 is 5.97 Å². The highest BCUT2D eigenvalue weighted by atomic mass is 16.4. The maximum atomic E-state index is 12.1. The number of carbonyl (C=O) groups is 2. The van der Waals surface area contributed by atoms with Crippen LogP contribution in [0.25, 0.3) is 0 Å². The SMILES string of the molecule is CC(C)CN(CC(=O)O)C(=O)NCC1(C2CC2)CC1. The van der Waals surface area contributed by atoms with Gasteiger partial charge in [-0.3, -0.25) is 4.79 Å². The number of nitrogens with one attached hydrogen (secondary N) is 1. The molecular formula is C14H24N2O3. The summed E-state index contributed by atoms with van der Waals surface area (Å²) >= 11 is 0. The summed E-state index contributed by atoms with van der Waals surface area (Å²) in [6, 6.07) is -0.233. The first-order chi connectivity index (χ1) is 8.93. The first-order valence-electron chi connectivity index (χ1n) is 7.17. The molecule has 2 saturated carbocycles. The minimum atomic E-state index is -0.959. The molecule has 0 heterocycles. The Balaban J connectivity index is 1.82. The highest BCUT2D eigenvalue weighted by molar-refractivity contribution is 5.80. The van der Waals surface area contributed by atoms with Crippen molar-refractivity contribution >= 4 is 12.0 Å². The molecule has 0 spiro atoms. The zero-order chi connectivity index (χ0) is 14.0. The fourth-order valence-corrected chi connectivity index (χ4v) is 2.77. The maximum absolute atomic E-state index is 12.1. The molecule has 0 unspecified atom stereocenters. The van der Waals surface area contributed by atoms with Crippen molar-refractivity contribution in [3.8, 4) is 0 Å². The van der Waals surface area contributed by atoms with Crippen LogP contribution >= 0.6 is 0 Å². The van der Waals surface area contributed by atoms with Crippen molar-refractivity contribution in [3.05, 3.63) is 0 Å². The van der Waals surface area contributed by atoms with Crippen molar-refractivity contribution in [1.82, 2.24) is 10.2 Å². The zero-order valence-corrected chi connectivity index (χ0v) is 11.8. The summed E-state index contributed by atoms with van der Waals surface area (Å²) < 4.78 is 0. The van der Waals surface area contributed by atoms with Crippen LogP contribution in [0.2, 0.25) is 0 Å². The molecule has 0 aliphatic heterocycles. The second-order valence-corrected chi connectivity index (χ2v) is 6.46. The molecule has 0 saturated heterocycles. The molecule has 2 rings (SSSR count). The van der Waals surface area contributed by atoms with Crippen molar-refractivity contribution in [2.24, 2.45) is 17.3 Å². The van der Waals surface area contributed by atoms with E-state index in [4.69, 9.17) is 5.11 Å². The minimum Gasteiger partial charge on any atom is -0.480 e. The summed E-state index contributed by atoms with van der Waals surface area (Å²) in [5, 5.41) is 11.8. The fraction of sp³-hybridized carbons (Fsp3) is 0.857. The third-order valence-electron chi connectivity index (χ3n) is 4.13. The minimum absolute atomic E-state index is 0.222. The monoisotopic (exact) mass is 268 g/mol. The van der Waals surface area contributed by atoms with E-state index in [-0.39, 0.29) is 18.5 Å². The summed E-state index contributed by atoms with van der Waals surface area (Å²) in [7, 11) is 0. The summed E-state index contributed by atoms with van der Waals surface area (Å²) in [5.41, 5.74) is 0.350. The number of nitrogens with zero attached hydrogens (tertiary/aromatic N) is 1. The predicted octanol–water partition coefficient (Wildman–Crippen LogP) is 1.93. The van der Waals surface area contributed by atoms with Crippen LogP contribution in [0.5, 0.6) is 0 Å². The number of urea groups is 1. The van der Waals surface area contributed by atoms with E-state index in [2.05, 4.69) is 5.32 Å². The van der Waals surface area contributed by atoms with Gasteiger partial charge in [-0.15, -0.1) is 0 Å². The van der Waals surface area contributed by atoms with Crippen LogP contribution in [-0.4, -0.2) is 41.6 Å². The van der Waals surface area contributed by atoms with Crippen LogP contribution in [0, 0.1) is 17.3 Å². The molecule has 2 aliphatic carbocycles. The first kappa shape index (κ1) is 14.2. The van der Waals surface area contributed by atoms with E-state index in [1.165, 1.54) is 30.6 Å². The molecule has 5 nitrogen and oxygen atoms in total. The smallest absolute Gasteiger partial charge is 0.323 e. The van der Waals surface area contributed by atoms with Crippen LogP contribution in [0.3, 0.4) is 0 Å². The highest BCUT2D eigenvalue weighted by Crippen LogP contribution is 2.60. The van der Waals surface area contributed by atoms with Crippen molar-refractivity contribution in [1.29, 1.82) is 0 Å². The van der Waals surface area contributed by atoms with Gasteiger partial charge in [0.25, 0.3) is 0 Å². The molecule has 0 radical (unpaired) electrons. The van der Waals surface area contributed by atoms with Crippen molar-refractivity contribution < 1.29 is 14.7 Å². The predicted molar refractivity (Wildman–Crippen MR) is 71.8 cm³/mol. The molecular weight excluding hydrogens is 244 g/mol. The lowest BCUT2D eigenvalue weighted by atomic mass is 10.0. The topological polar surface area (TPSA) is 69.6 Å². The highest BCUT2D eigenvalue weighted by Gasteiger charge is 2.53. The average molecular weight is 268 g/mol. The van der Waals surface area contributed by atoms with Crippen molar-refractivity contribution in [2.45, 2.75) is 39.5 Å². The summed E-state index contributed by atoms with van der Waals surface area (Å²) in [6.07, 6.45) is 5.00. The van der Waals surface area contributed by atoms with Crippen LogP contribution in [0.4, 0.5) is 4.79 Å². The van der Waals surface area contributed by atoms with Gasteiger partial charge in [-0.2, -0.15) is 0 Å². The Bertz CT molecular complexity index is 360. The molecule has 2 aliphatic rings. The number of carboxylic acid groups (broad SMARTS) is 1. The number of amides is 2. The van der Waals surface area contributed by atoms with Crippen LogP contribution in [0.1, 0.15) is 39.5 Å². The van der Waals surface area contributed by atoms with Gasteiger partial charge in [-0.25, -0.2) is 4.79 Å². The Kier molecular flexibility index (Phi) is 4.02.